The molecule has 0 unspecified atom stereocenters. The van der Waals surface area contributed by atoms with Gasteiger partial charge in [-0.25, -0.2) is 9.37 Å². The van der Waals surface area contributed by atoms with Gasteiger partial charge in [0, 0.05) is 18.1 Å². The first kappa shape index (κ1) is 20.9. The van der Waals surface area contributed by atoms with E-state index in [1.54, 1.807) is 30.5 Å². The summed E-state index contributed by atoms with van der Waals surface area (Å²) in [5, 5.41) is 4.92. The number of thiocarbonyl (C=S) groups is 1. The molecule has 3 aromatic heterocycles. The minimum atomic E-state index is -0.238. The molecule has 1 aliphatic heterocycles. The molecule has 0 saturated carbocycles. The molecule has 1 N–H and O–H groups in total. The molecule has 0 amide bonds. The first-order valence-electron chi connectivity index (χ1n) is 10.9. The quantitative estimate of drug-likeness (QED) is 0.311. The molecule has 1 aliphatic rings. The van der Waals surface area contributed by atoms with Gasteiger partial charge in [-0.2, -0.15) is 0 Å². The predicted octanol–water partition coefficient (Wildman–Crippen LogP) is 6.11. The summed E-state index contributed by atoms with van der Waals surface area (Å²) >= 11 is 7.45. The number of benzene rings is 2. The van der Waals surface area contributed by atoms with E-state index in [1.807, 2.05) is 54.7 Å². The molecular formula is C26H20FN5S2. The standard InChI is InChI=1S/C26H20FN5S2/c1-16-15-17(11-12-18(16)27)32-24(23(30-25(32)33)20-8-4-5-13-28-20)21-9-6-14-31(21)26-29-19-7-2-3-10-22(19)34-26/h2-15,23-24H,1H3,(H,30,33)/t23-,24+/m1/s1. The average Bonchev–Trinajstić information content (AvgIpc) is 3.57. The Kier molecular flexibility index (Phi) is 5.12. The third-order valence-corrected chi connectivity index (χ3v) is 7.44. The number of nitrogens with zero attached hydrogens (tertiary/aromatic N) is 4. The van der Waals surface area contributed by atoms with Gasteiger partial charge in [0.15, 0.2) is 10.2 Å². The van der Waals surface area contributed by atoms with Crippen molar-refractivity contribution in [3.63, 3.8) is 0 Å². The van der Waals surface area contributed by atoms with Gasteiger partial charge < -0.3 is 10.2 Å². The highest BCUT2D eigenvalue weighted by molar-refractivity contribution is 7.80. The van der Waals surface area contributed by atoms with Gasteiger partial charge >= 0.3 is 0 Å². The number of anilines is 1. The normalized spacial score (nSPS) is 17.9. The molecule has 168 valence electrons. The predicted molar refractivity (Wildman–Crippen MR) is 138 cm³/mol. The average molecular weight is 486 g/mol. The molecule has 0 bridgehead atoms. The minimum Gasteiger partial charge on any atom is -0.351 e. The smallest absolute Gasteiger partial charge is 0.194 e. The minimum absolute atomic E-state index is 0.193. The van der Waals surface area contributed by atoms with Crippen LogP contribution in [0.15, 0.2) is 85.2 Å². The molecule has 2 atom stereocenters. The third kappa shape index (κ3) is 3.46. The summed E-state index contributed by atoms with van der Waals surface area (Å²) in [5.74, 6) is -0.238. The zero-order valence-corrected chi connectivity index (χ0v) is 19.9. The lowest BCUT2D eigenvalue weighted by atomic mass is 10.0. The van der Waals surface area contributed by atoms with Crippen LogP contribution in [-0.2, 0) is 0 Å². The first-order valence-corrected chi connectivity index (χ1v) is 12.1. The number of aryl methyl sites for hydroxylation is 1. The lowest BCUT2D eigenvalue weighted by Crippen LogP contribution is -2.30. The van der Waals surface area contributed by atoms with Crippen LogP contribution in [-0.4, -0.2) is 19.6 Å². The molecule has 1 saturated heterocycles. The number of hydrogen-bond acceptors (Lipinski definition) is 4. The second-order valence-electron chi connectivity index (χ2n) is 8.20. The summed E-state index contributed by atoms with van der Waals surface area (Å²) < 4.78 is 17.3. The number of fused-ring (bicyclic) bond motifs is 1. The molecule has 34 heavy (non-hydrogen) atoms. The summed E-state index contributed by atoms with van der Waals surface area (Å²) in [6, 6.07) is 22.8. The van der Waals surface area contributed by atoms with Crippen molar-refractivity contribution in [1.82, 2.24) is 19.9 Å². The van der Waals surface area contributed by atoms with Gasteiger partial charge in [-0.3, -0.25) is 9.55 Å². The number of aromatic nitrogens is 3. The SMILES string of the molecule is Cc1cc(N2C(=S)N[C@H](c3ccccn3)[C@@H]2c2cccn2-c2nc3ccccc3s2)ccc1F. The van der Waals surface area contributed by atoms with E-state index in [1.165, 1.54) is 6.07 Å². The largest absolute Gasteiger partial charge is 0.351 e. The zero-order chi connectivity index (χ0) is 23.2. The van der Waals surface area contributed by atoms with Crippen molar-refractivity contribution in [3.8, 4) is 5.13 Å². The van der Waals surface area contributed by atoms with E-state index in [0.29, 0.717) is 10.7 Å². The van der Waals surface area contributed by atoms with Crippen molar-refractivity contribution in [2.75, 3.05) is 4.90 Å². The Morgan fingerprint density at radius 1 is 1.03 bits per heavy atom. The second kappa shape index (κ2) is 8.30. The molecule has 5 aromatic rings. The van der Waals surface area contributed by atoms with Crippen LogP contribution in [0.2, 0.25) is 0 Å². The first-order chi connectivity index (χ1) is 16.6. The number of pyridine rings is 1. The van der Waals surface area contributed by atoms with E-state index in [4.69, 9.17) is 17.2 Å². The van der Waals surface area contributed by atoms with Crippen LogP contribution in [0.1, 0.15) is 29.0 Å². The molecular weight excluding hydrogens is 465 g/mol. The third-order valence-electron chi connectivity index (χ3n) is 6.09. The summed E-state index contributed by atoms with van der Waals surface area (Å²) in [6.45, 7) is 1.76. The number of halogens is 1. The molecule has 2 aromatic carbocycles. The zero-order valence-electron chi connectivity index (χ0n) is 18.2. The summed E-state index contributed by atoms with van der Waals surface area (Å²) in [6.07, 6.45) is 3.81. The number of thiazole rings is 1. The molecule has 0 radical (unpaired) electrons. The van der Waals surface area contributed by atoms with Gasteiger partial charge in [0.2, 0.25) is 0 Å². The van der Waals surface area contributed by atoms with Crippen LogP contribution in [0.25, 0.3) is 15.3 Å². The van der Waals surface area contributed by atoms with Gasteiger partial charge in [0.25, 0.3) is 0 Å². The fraction of sp³-hybridized carbons (Fsp3) is 0.115. The highest BCUT2D eigenvalue weighted by atomic mass is 32.1. The molecule has 1 fully saturated rings. The van der Waals surface area contributed by atoms with E-state index in [2.05, 4.69) is 31.9 Å². The van der Waals surface area contributed by atoms with Crippen molar-refractivity contribution in [2.24, 2.45) is 0 Å². The maximum absolute atomic E-state index is 14.1. The molecule has 6 rings (SSSR count). The lowest BCUT2D eigenvalue weighted by Gasteiger charge is -2.28. The van der Waals surface area contributed by atoms with Crippen molar-refractivity contribution in [2.45, 2.75) is 19.0 Å². The van der Waals surface area contributed by atoms with Crippen LogP contribution >= 0.6 is 23.6 Å². The van der Waals surface area contributed by atoms with E-state index in [0.717, 1.165) is 32.4 Å². The fourth-order valence-electron chi connectivity index (χ4n) is 4.48. The Morgan fingerprint density at radius 3 is 2.68 bits per heavy atom. The second-order valence-corrected chi connectivity index (χ2v) is 9.59. The van der Waals surface area contributed by atoms with Gasteiger partial charge in [0.1, 0.15) is 11.9 Å². The van der Waals surface area contributed by atoms with Crippen molar-refractivity contribution in [3.05, 3.63) is 108 Å². The fourth-order valence-corrected chi connectivity index (χ4v) is 5.80. The Balaban J connectivity index is 1.52. The van der Waals surface area contributed by atoms with E-state index in [9.17, 15) is 4.39 Å². The van der Waals surface area contributed by atoms with Gasteiger partial charge in [-0.15, -0.1) is 0 Å². The summed E-state index contributed by atoms with van der Waals surface area (Å²) in [5.41, 5.74) is 4.27. The molecule has 0 spiro atoms. The van der Waals surface area contributed by atoms with Crippen molar-refractivity contribution < 1.29 is 4.39 Å². The van der Waals surface area contributed by atoms with Gasteiger partial charge in [-0.1, -0.05) is 29.5 Å². The number of para-hydroxylation sites is 1. The van der Waals surface area contributed by atoms with E-state index in [-0.39, 0.29) is 17.9 Å². The van der Waals surface area contributed by atoms with Crippen LogP contribution in [0.4, 0.5) is 10.1 Å². The topological polar surface area (TPSA) is 46.0 Å². The van der Waals surface area contributed by atoms with Crippen LogP contribution < -0.4 is 10.2 Å². The molecule has 5 nitrogen and oxygen atoms in total. The Morgan fingerprint density at radius 2 is 1.88 bits per heavy atom. The van der Waals surface area contributed by atoms with Crippen molar-refractivity contribution in [1.29, 1.82) is 0 Å². The summed E-state index contributed by atoms with van der Waals surface area (Å²) in [7, 11) is 0. The van der Waals surface area contributed by atoms with Gasteiger partial charge in [-0.05, 0) is 79.3 Å². The van der Waals surface area contributed by atoms with Gasteiger partial charge in [0.05, 0.1) is 27.6 Å². The van der Waals surface area contributed by atoms with E-state index < -0.39 is 0 Å². The highest BCUT2D eigenvalue weighted by Gasteiger charge is 2.42. The van der Waals surface area contributed by atoms with Crippen LogP contribution in [0, 0.1) is 12.7 Å². The molecule has 0 aliphatic carbocycles. The number of nitrogens with one attached hydrogen (secondary N) is 1. The maximum Gasteiger partial charge on any atom is 0.194 e. The Bertz CT molecular complexity index is 1480. The molecule has 8 heteroatoms. The number of hydrogen-bond donors (Lipinski definition) is 1. The maximum atomic E-state index is 14.1. The van der Waals surface area contributed by atoms with E-state index >= 15 is 0 Å². The monoisotopic (exact) mass is 485 g/mol. The Hall–Kier alpha value is -3.62. The van der Waals surface area contributed by atoms with Crippen molar-refractivity contribution >= 4 is 44.6 Å². The Labute approximate surface area is 205 Å². The van der Waals surface area contributed by atoms with Crippen LogP contribution in [0.3, 0.4) is 0 Å². The lowest BCUT2D eigenvalue weighted by molar-refractivity contribution is 0.549. The molecule has 4 heterocycles. The summed E-state index contributed by atoms with van der Waals surface area (Å²) in [4.78, 5) is 11.5. The number of rotatable bonds is 4. The van der Waals surface area contributed by atoms with Crippen LogP contribution in [0.5, 0.6) is 0 Å². The highest BCUT2D eigenvalue weighted by Crippen LogP contribution is 2.43.